The molecule has 1 aliphatic heterocycles. The van der Waals surface area contributed by atoms with Gasteiger partial charge in [-0.05, 0) is 36.6 Å². The number of para-hydroxylation sites is 1. The van der Waals surface area contributed by atoms with Gasteiger partial charge in [0.05, 0.1) is 0 Å². The molecule has 0 unspecified atom stereocenters. The first kappa shape index (κ1) is 16.9. The van der Waals surface area contributed by atoms with Gasteiger partial charge >= 0.3 is 0 Å². The Balaban J connectivity index is 1.87. The van der Waals surface area contributed by atoms with Gasteiger partial charge < -0.3 is 4.90 Å². The molecule has 6 heteroatoms. The van der Waals surface area contributed by atoms with Crippen molar-refractivity contribution in [2.75, 3.05) is 25.0 Å². The summed E-state index contributed by atoms with van der Waals surface area (Å²) in [7, 11) is -2.38. The van der Waals surface area contributed by atoms with Crippen LogP contribution in [0, 0.1) is 5.82 Å². The van der Waals surface area contributed by atoms with Crippen LogP contribution in [0.2, 0.25) is 0 Å². The highest BCUT2D eigenvalue weighted by Crippen LogP contribution is 2.27. The molecule has 2 aromatic carbocycles. The number of hydrogen-bond acceptors (Lipinski definition) is 3. The van der Waals surface area contributed by atoms with Gasteiger partial charge in [0.25, 0.3) is 0 Å². The molecule has 1 saturated heterocycles. The third-order valence-electron chi connectivity index (χ3n) is 4.36. The average molecular weight is 348 g/mol. The summed E-state index contributed by atoms with van der Waals surface area (Å²) in [4.78, 5) is 1.99. The van der Waals surface area contributed by atoms with Crippen LogP contribution in [-0.2, 0) is 16.6 Å². The quantitative estimate of drug-likeness (QED) is 0.833. The highest BCUT2D eigenvalue weighted by atomic mass is 32.2. The van der Waals surface area contributed by atoms with Crippen molar-refractivity contribution < 1.29 is 12.8 Å². The largest absolute Gasteiger partial charge is 0.371 e. The van der Waals surface area contributed by atoms with E-state index in [1.165, 1.54) is 35.6 Å². The van der Waals surface area contributed by atoms with Gasteiger partial charge in [-0.3, -0.25) is 0 Å². The molecule has 1 fully saturated rings. The van der Waals surface area contributed by atoms with Crippen molar-refractivity contribution in [3.8, 4) is 0 Å². The summed E-state index contributed by atoms with van der Waals surface area (Å²) in [5.74, 6) is -0.725. The molecule has 3 rings (SSSR count). The van der Waals surface area contributed by atoms with E-state index in [-0.39, 0.29) is 11.4 Å². The smallest absolute Gasteiger partial charge is 0.246 e. The Labute approximate surface area is 142 Å². The van der Waals surface area contributed by atoms with Crippen LogP contribution in [0.3, 0.4) is 0 Å². The van der Waals surface area contributed by atoms with Crippen molar-refractivity contribution in [2.45, 2.75) is 24.3 Å². The fraction of sp³-hybridized carbons (Fsp3) is 0.333. The lowest BCUT2D eigenvalue weighted by Crippen LogP contribution is -2.28. The molecule has 0 radical (unpaired) electrons. The fourth-order valence-corrected chi connectivity index (χ4v) is 4.27. The number of hydrogen-bond donors (Lipinski definition) is 0. The normalized spacial score (nSPS) is 15.2. The van der Waals surface area contributed by atoms with Crippen molar-refractivity contribution in [1.82, 2.24) is 4.31 Å². The van der Waals surface area contributed by atoms with Gasteiger partial charge in [0.1, 0.15) is 10.7 Å². The summed E-state index contributed by atoms with van der Waals surface area (Å²) in [6.07, 6.45) is 2.30. The SMILES string of the molecule is CN(Cc1ccccc1N1CCCC1)S(=O)(=O)c1ccccc1F. The maximum absolute atomic E-state index is 13.9. The second kappa shape index (κ2) is 6.91. The first-order valence-electron chi connectivity index (χ1n) is 8.04. The molecule has 0 aromatic heterocycles. The fourth-order valence-electron chi connectivity index (χ4n) is 3.06. The molecule has 1 aliphatic rings. The summed E-state index contributed by atoms with van der Waals surface area (Å²) in [6, 6.07) is 13.3. The summed E-state index contributed by atoms with van der Waals surface area (Å²) in [6.45, 7) is 2.19. The number of rotatable bonds is 5. The summed E-state index contributed by atoms with van der Waals surface area (Å²) in [5.41, 5.74) is 1.99. The Kier molecular flexibility index (Phi) is 4.87. The molecule has 0 aliphatic carbocycles. The van der Waals surface area contributed by atoms with Crippen molar-refractivity contribution >= 4 is 15.7 Å². The van der Waals surface area contributed by atoms with Crippen LogP contribution in [0.5, 0.6) is 0 Å². The monoisotopic (exact) mass is 348 g/mol. The van der Waals surface area contributed by atoms with Gasteiger partial charge in [0.15, 0.2) is 0 Å². The van der Waals surface area contributed by atoms with E-state index < -0.39 is 15.8 Å². The first-order chi connectivity index (χ1) is 11.5. The Morgan fingerprint density at radius 3 is 2.38 bits per heavy atom. The lowest BCUT2D eigenvalue weighted by atomic mass is 10.1. The second-order valence-corrected chi connectivity index (χ2v) is 8.03. The molecule has 0 bridgehead atoms. The van der Waals surface area contributed by atoms with Gasteiger partial charge in [0, 0.05) is 32.4 Å². The number of sulfonamides is 1. The molecule has 128 valence electrons. The third-order valence-corrected chi connectivity index (χ3v) is 6.19. The highest BCUT2D eigenvalue weighted by Gasteiger charge is 2.25. The van der Waals surface area contributed by atoms with Crippen molar-refractivity contribution in [3.63, 3.8) is 0 Å². The minimum absolute atomic E-state index is 0.212. The van der Waals surface area contributed by atoms with Crippen LogP contribution in [-0.4, -0.2) is 32.9 Å². The van der Waals surface area contributed by atoms with E-state index in [0.29, 0.717) is 0 Å². The summed E-state index contributed by atoms with van der Waals surface area (Å²) in [5, 5.41) is 0. The zero-order chi connectivity index (χ0) is 17.2. The van der Waals surface area contributed by atoms with E-state index in [1.807, 2.05) is 24.3 Å². The topological polar surface area (TPSA) is 40.6 Å². The molecule has 4 nitrogen and oxygen atoms in total. The van der Waals surface area contributed by atoms with Crippen LogP contribution in [0.4, 0.5) is 10.1 Å². The number of benzene rings is 2. The average Bonchev–Trinajstić information content (AvgIpc) is 3.10. The van der Waals surface area contributed by atoms with Gasteiger partial charge in [-0.2, -0.15) is 4.31 Å². The molecule has 2 aromatic rings. The van der Waals surface area contributed by atoms with Gasteiger partial charge in [-0.1, -0.05) is 30.3 Å². The van der Waals surface area contributed by atoms with E-state index in [2.05, 4.69) is 4.90 Å². The van der Waals surface area contributed by atoms with Crippen molar-refractivity contribution in [2.24, 2.45) is 0 Å². The maximum Gasteiger partial charge on any atom is 0.246 e. The number of anilines is 1. The Morgan fingerprint density at radius 2 is 1.67 bits per heavy atom. The molecular formula is C18H21FN2O2S. The standard InChI is InChI=1S/C18H21FN2O2S/c1-20(24(22,23)18-11-5-3-9-16(18)19)14-15-8-2-4-10-17(15)21-12-6-7-13-21/h2-5,8-11H,6-7,12-14H2,1H3. The van der Waals surface area contributed by atoms with Crippen molar-refractivity contribution in [1.29, 1.82) is 0 Å². The van der Waals surface area contributed by atoms with Gasteiger partial charge in [-0.25, -0.2) is 12.8 Å². The highest BCUT2D eigenvalue weighted by molar-refractivity contribution is 7.89. The second-order valence-electron chi connectivity index (χ2n) is 6.01. The molecule has 1 heterocycles. The number of nitrogens with zero attached hydrogens (tertiary/aromatic N) is 2. The Morgan fingerprint density at radius 1 is 1.04 bits per heavy atom. The van der Waals surface area contributed by atoms with E-state index in [1.54, 1.807) is 0 Å². The van der Waals surface area contributed by atoms with Crippen LogP contribution in [0.15, 0.2) is 53.4 Å². The molecule has 0 amide bonds. The van der Waals surface area contributed by atoms with Crippen LogP contribution in [0.25, 0.3) is 0 Å². The van der Waals surface area contributed by atoms with Crippen LogP contribution in [0.1, 0.15) is 18.4 Å². The molecular weight excluding hydrogens is 327 g/mol. The van der Waals surface area contributed by atoms with E-state index in [0.717, 1.165) is 37.2 Å². The summed E-state index contributed by atoms with van der Waals surface area (Å²) < 4.78 is 40.4. The molecule has 24 heavy (non-hydrogen) atoms. The summed E-state index contributed by atoms with van der Waals surface area (Å²) >= 11 is 0. The van der Waals surface area contributed by atoms with E-state index in [9.17, 15) is 12.8 Å². The number of halogens is 1. The van der Waals surface area contributed by atoms with Crippen LogP contribution < -0.4 is 4.90 Å². The van der Waals surface area contributed by atoms with E-state index in [4.69, 9.17) is 0 Å². The molecule has 0 N–H and O–H groups in total. The minimum atomic E-state index is -3.87. The predicted molar refractivity (Wildman–Crippen MR) is 92.9 cm³/mol. The zero-order valence-corrected chi connectivity index (χ0v) is 14.5. The minimum Gasteiger partial charge on any atom is -0.371 e. The van der Waals surface area contributed by atoms with Crippen LogP contribution >= 0.6 is 0 Å². The molecule has 0 spiro atoms. The van der Waals surface area contributed by atoms with Gasteiger partial charge in [0.2, 0.25) is 10.0 Å². The van der Waals surface area contributed by atoms with Gasteiger partial charge in [-0.15, -0.1) is 0 Å². The first-order valence-corrected chi connectivity index (χ1v) is 9.48. The molecule has 0 atom stereocenters. The zero-order valence-electron chi connectivity index (χ0n) is 13.7. The Hall–Kier alpha value is -1.92. The lowest BCUT2D eigenvalue weighted by Gasteiger charge is -2.24. The maximum atomic E-state index is 13.9. The van der Waals surface area contributed by atoms with E-state index >= 15 is 0 Å². The lowest BCUT2D eigenvalue weighted by molar-refractivity contribution is 0.460. The third kappa shape index (κ3) is 3.30. The molecule has 0 saturated carbocycles. The Bertz CT molecular complexity index is 817. The van der Waals surface area contributed by atoms with Crippen molar-refractivity contribution in [3.05, 3.63) is 59.9 Å². The predicted octanol–water partition coefficient (Wildman–Crippen LogP) is 3.25.